The largest absolute Gasteiger partial charge is 0 e. The van der Waals surface area contributed by atoms with Crippen LogP contribution in [0.4, 0.5) is 0 Å². The smallest absolute Gasteiger partial charge is 0 e. The molecule has 0 rings (SSSR count). The third-order valence-electron chi connectivity index (χ3n) is 0. The molecule has 47 valence electrons. The average molecular weight is 321 g/mol. The summed E-state index contributed by atoms with van der Waals surface area (Å²) in [6, 6.07) is 0. The zero-order valence-electron chi connectivity index (χ0n) is 3.15. The summed E-state index contributed by atoms with van der Waals surface area (Å²) in [5.74, 6) is 0. The van der Waals surface area contributed by atoms with E-state index >= 15 is 0 Å². The Balaban J connectivity index is -0.000000000500. The fourth-order valence-electron chi connectivity index (χ4n) is 0. The Morgan fingerprint density at radius 1 is 1.14 bits per heavy atom. The summed E-state index contributed by atoms with van der Waals surface area (Å²) in [4.78, 5) is 0. The van der Waals surface area contributed by atoms with Crippen LogP contribution in [0.2, 0.25) is 0 Å². The third kappa shape index (κ3) is 54.3. The fourth-order valence-corrected chi connectivity index (χ4v) is 0. The van der Waals surface area contributed by atoms with Crippen LogP contribution in [0, 0.1) is 0 Å². The first-order valence-electron chi connectivity index (χ1n) is 0.169. The van der Waals surface area contributed by atoms with Crippen LogP contribution in [-0.4, -0.2) is 9.67 Å². The Bertz CT molecular complexity index is 17.7. The van der Waals surface area contributed by atoms with Crippen molar-refractivity contribution in [2.75, 3.05) is 0 Å². The Labute approximate surface area is 96.4 Å². The maximum absolute atomic E-state index is 6.81. The second-order valence-corrected chi connectivity index (χ2v) is 0. The maximum Gasteiger partial charge on any atom is 0 e. The predicted molar refractivity (Wildman–Crippen MR) is 5.83 cm³/mol. The van der Waals surface area contributed by atoms with E-state index in [1.54, 1.807) is 0 Å². The minimum atomic E-state index is 0. The van der Waals surface area contributed by atoms with Crippen molar-refractivity contribution in [1.82, 2.24) is 0 Å². The quantitative estimate of drug-likeness (QED) is 0.549. The first-order chi connectivity index (χ1) is 1.00. The van der Waals surface area contributed by atoms with Crippen molar-refractivity contribution in [3.8, 4) is 0 Å². The van der Waals surface area contributed by atoms with Crippen LogP contribution in [0.1, 0.15) is 0 Å². The van der Waals surface area contributed by atoms with Gasteiger partial charge in [-0.25, -0.2) is 0 Å². The molecule has 7 heteroatoms. The van der Waals surface area contributed by atoms with Gasteiger partial charge in [-0.15, -0.1) is 0 Å². The SMILES string of the molecule is O.[Fe].[Ni].[OH][Mn].[V].[Zn]. The number of hydrogen-bond acceptors (Lipinski definition) is 1. The number of rotatable bonds is 0. The molecule has 0 aliphatic carbocycles. The molecule has 0 unspecified atom stereocenters. The van der Waals surface area contributed by atoms with E-state index in [1.165, 1.54) is 0 Å². The van der Waals surface area contributed by atoms with E-state index in [1.807, 2.05) is 16.3 Å². The van der Waals surface area contributed by atoms with E-state index in [0.29, 0.717) is 0 Å². The van der Waals surface area contributed by atoms with Crippen LogP contribution in [0.3, 0.4) is 0 Å². The van der Waals surface area contributed by atoms with Crippen molar-refractivity contribution in [3.05, 3.63) is 0 Å². The Morgan fingerprint density at radius 2 is 1.14 bits per heavy atom. The van der Waals surface area contributed by atoms with Gasteiger partial charge in [0.2, 0.25) is 0 Å². The predicted octanol–water partition coefficient (Wildman–Crippen LogP) is -1.39. The van der Waals surface area contributed by atoms with Gasteiger partial charge in [-0.3, -0.25) is 0 Å². The van der Waals surface area contributed by atoms with Gasteiger partial charge in [-0.2, -0.15) is 0 Å². The molecule has 0 saturated heterocycles. The van der Waals surface area contributed by atoms with Gasteiger partial charge in [0.1, 0.15) is 0 Å². The summed E-state index contributed by atoms with van der Waals surface area (Å²) in [6.07, 6.45) is 0. The van der Waals surface area contributed by atoms with E-state index in [2.05, 4.69) is 0 Å². The van der Waals surface area contributed by atoms with Crippen LogP contribution >= 0.6 is 0 Å². The molecule has 0 aromatic carbocycles. The molecule has 7 heavy (non-hydrogen) atoms. The molecule has 0 bridgehead atoms. The molecule has 0 atom stereocenters. The molecule has 0 aliphatic heterocycles. The van der Waals surface area contributed by atoms with E-state index in [9.17, 15) is 0 Å². The topological polar surface area (TPSA) is 51.7 Å². The first kappa shape index (κ1) is 54.1. The molecule has 0 amide bonds. The summed E-state index contributed by atoms with van der Waals surface area (Å²) in [7, 11) is 0. The fraction of sp³-hybridized carbons (Fsp3) is 0. The van der Waals surface area contributed by atoms with Crippen LogP contribution < -0.4 is 0 Å². The summed E-state index contributed by atoms with van der Waals surface area (Å²) < 4.78 is 6.81. The summed E-state index contributed by atoms with van der Waals surface area (Å²) in [5.41, 5.74) is 0. The molecular formula is H3FeMnNiO2VZn. The molecule has 0 aromatic heterocycles. The zero-order chi connectivity index (χ0) is 2.00. The maximum atomic E-state index is 6.81. The van der Waals surface area contributed by atoms with Gasteiger partial charge in [0.05, 0.1) is 0 Å². The van der Waals surface area contributed by atoms with Gasteiger partial charge >= 0.3 is 20.5 Å². The van der Waals surface area contributed by atoms with Crippen molar-refractivity contribution >= 4 is 0 Å². The van der Waals surface area contributed by atoms with Crippen molar-refractivity contribution < 1.29 is 97.6 Å². The van der Waals surface area contributed by atoms with E-state index in [0.717, 1.165) is 0 Å². The van der Waals surface area contributed by atoms with Crippen LogP contribution in [0.25, 0.3) is 0 Å². The monoisotopic (exact) mass is 319 g/mol. The minimum Gasteiger partial charge on any atom is 0 e. The molecule has 0 fully saturated rings. The van der Waals surface area contributed by atoms with Crippen LogP contribution in [0.15, 0.2) is 0 Å². The Morgan fingerprint density at radius 3 is 1.14 bits per heavy atom. The Hall–Kier alpha value is 2.66. The molecule has 0 spiro atoms. The van der Waals surface area contributed by atoms with E-state index in [-0.39, 0.29) is 77.1 Å². The standard InChI is InChI=1S/Fe.Mn.Ni.2H2O.V.Zn/h;;;2*1H2;;/q;+1;;;;;/p-1. The molecule has 2 nitrogen and oxygen atoms in total. The van der Waals surface area contributed by atoms with Crippen molar-refractivity contribution in [2.24, 2.45) is 0 Å². The summed E-state index contributed by atoms with van der Waals surface area (Å²) in [6.45, 7) is 0. The molecule has 0 aromatic rings. The molecule has 3 N–H and O–H groups in total. The molecule has 1 radical (unpaired) electrons. The van der Waals surface area contributed by atoms with Gasteiger partial charge in [-0.05, 0) is 0 Å². The second-order valence-electron chi connectivity index (χ2n) is 0. The van der Waals surface area contributed by atoms with Gasteiger partial charge in [0.15, 0.2) is 0 Å². The normalized spacial score (nSPS) is 0.857. The molecule has 0 heterocycles. The van der Waals surface area contributed by atoms with Crippen molar-refractivity contribution in [1.29, 1.82) is 0 Å². The van der Waals surface area contributed by atoms with Gasteiger partial charge in [-0.1, -0.05) is 0 Å². The van der Waals surface area contributed by atoms with Gasteiger partial charge < -0.3 is 5.48 Å². The van der Waals surface area contributed by atoms with Crippen molar-refractivity contribution in [2.45, 2.75) is 0 Å². The van der Waals surface area contributed by atoms with Crippen LogP contribution in [-0.2, 0) is 87.9 Å². The minimum absolute atomic E-state index is 0. The van der Waals surface area contributed by atoms with Crippen molar-refractivity contribution in [3.63, 3.8) is 0 Å². The number of hydrogen-bond donors (Lipinski definition) is 1. The summed E-state index contributed by atoms with van der Waals surface area (Å²) >= 11 is 1.94. The zero-order valence-corrected chi connectivity index (χ0v) is 10.8. The van der Waals surface area contributed by atoms with Gasteiger partial charge in [0, 0.05) is 71.6 Å². The molecule has 0 saturated carbocycles. The van der Waals surface area contributed by atoms with E-state index in [4.69, 9.17) is 4.19 Å². The molecule has 0 aliphatic rings. The van der Waals surface area contributed by atoms with E-state index < -0.39 is 0 Å². The Kier molecular flexibility index (Phi) is 555. The first-order valence-corrected chi connectivity index (χ1v) is 0.697. The molecular weight excluding hydrogens is 318 g/mol. The average Bonchev–Trinajstić information content (AvgIpc) is 1.00. The second kappa shape index (κ2) is 71.8. The van der Waals surface area contributed by atoms with Gasteiger partial charge in [0.25, 0.3) is 0 Å². The third-order valence-corrected chi connectivity index (χ3v) is 0. The summed E-state index contributed by atoms with van der Waals surface area (Å²) in [5, 5.41) is 0. The van der Waals surface area contributed by atoms with Crippen LogP contribution in [0.5, 0.6) is 0 Å².